The van der Waals surface area contributed by atoms with Gasteiger partial charge in [-0.25, -0.2) is 0 Å². The summed E-state index contributed by atoms with van der Waals surface area (Å²) in [6, 6.07) is 5.81. The first kappa shape index (κ1) is 15.0. The zero-order chi connectivity index (χ0) is 15.0. The van der Waals surface area contributed by atoms with Crippen LogP contribution in [0.3, 0.4) is 0 Å². The van der Waals surface area contributed by atoms with Crippen LogP contribution >= 0.6 is 11.6 Å². The van der Waals surface area contributed by atoms with Crippen molar-refractivity contribution in [1.82, 2.24) is 5.32 Å². The normalized spacial score (nSPS) is 18.9. The number of benzene rings is 1. The van der Waals surface area contributed by atoms with Crippen LogP contribution in [0.5, 0.6) is 0 Å². The van der Waals surface area contributed by atoms with Crippen molar-refractivity contribution in [2.45, 2.75) is 50.5 Å². The fraction of sp³-hybridized carbons (Fsp3) is 0.600. The molecule has 2 nitrogen and oxygen atoms in total. The fourth-order valence-electron chi connectivity index (χ4n) is 2.54. The van der Waals surface area contributed by atoms with Gasteiger partial charge < -0.3 is 10.2 Å². The molecule has 0 unspecified atom stereocenters. The number of hydrogen-bond acceptors (Lipinski definition) is 2. The van der Waals surface area contributed by atoms with Crippen molar-refractivity contribution >= 4 is 17.3 Å². The highest BCUT2D eigenvalue weighted by molar-refractivity contribution is 6.33. The van der Waals surface area contributed by atoms with Gasteiger partial charge in [0, 0.05) is 18.6 Å². The number of nitrogens with one attached hydrogen (secondary N) is 1. The minimum Gasteiger partial charge on any atom is -0.358 e. The predicted octanol–water partition coefficient (Wildman–Crippen LogP) is 4.12. The number of rotatable bonds is 6. The molecule has 0 heterocycles. The monoisotopic (exact) mass is 318 g/mol. The van der Waals surface area contributed by atoms with Gasteiger partial charge in [-0.2, -0.15) is 13.2 Å². The highest BCUT2D eigenvalue weighted by Gasteiger charge is 2.39. The van der Waals surface area contributed by atoms with Gasteiger partial charge >= 0.3 is 6.18 Å². The average molecular weight is 319 g/mol. The van der Waals surface area contributed by atoms with Crippen LogP contribution in [0.4, 0.5) is 18.9 Å². The van der Waals surface area contributed by atoms with Crippen molar-refractivity contribution in [2.24, 2.45) is 0 Å². The molecule has 1 aromatic carbocycles. The van der Waals surface area contributed by atoms with Gasteiger partial charge in [-0.3, -0.25) is 0 Å². The SMILES string of the molecule is FC(F)(F)CN(c1c(Cl)cccc1CNC1CC1)C1CC1. The molecule has 0 saturated heterocycles. The molecule has 2 saturated carbocycles. The van der Waals surface area contributed by atoms with Gasteiger partial charge in [0.05, 0.1) is 10.7 Å². The Balaban J connectivity index is 1.85. The van der Waals surface area contributed by atoms with Crippen LogP contribution in [0.2, 0.25) is 5.02 Å². The second-order valence-corrected chi connectivity index (χ2v) is 6.28. The van der Waals surface area contributed by atoms with E-state index in [0.717, 1.165) is 31.2 Å². The van der Waals surface area contributed by atoms with Gasteiger partial charge in [0.25, 0.3) is 0 Å². The van der Waals surface area contributed by atoms with E-state index in [1.54, 1.807) is 12.1 Å². The van der Waals surface area contributed by atoms with E-state index in [1.807, 2.05) is 6.07 Å². The molecular weight excluding hydrogens is 301 g/mol. The van der Waals surface area contributed by atoms with Gasteiger partial charge in [0.2, 0.25) is 0 Å². The number of hydrogen-bond donors (Lipinski definition) is 1. The first-order valence-electron chi connectivity index (χ1n) is 7.28. The summed E-state index contributed by atoms with van der Waals surface area (Å²) in [7, 11) is 0. The maximum absolute atomic E-state index is 12.9. The van der Waals surface area contributed by atoms with Crippen LogP contribution in [-0.2, 0) is 6.54 Å². The Kier molecular flexibility index (Phi) is 4.06. The smallest absolute Gasteiger partial charge is 0.358 e. The zero-order valence-corrected chi connectivity index (χ0v) is 12.3. The predicted molar refractivity (Wildman–Crippen MR) is 77.7 cm³/mol. The molecule has 2 aliphatic rings. The number of alkyl halides is 3. The summed E-state index contributed by atoms with van der Waals surface area (Å²) >= 11 is 6.22. The minimum absolute atomic E-state index is 0.0359. The summed E-state index contributed by atoms with van der Waals surface area (Å²) in [5, 5.41) is 3.75. The lowest BCUT2D eigenvalue weighted by molar-refractivity contribution is -0.120. The molecule has 2 aliphatic carbocycles. The van der Waals surface area contributed by atoms with E-state index < -0.39 is 12.7 Å². The summed E-state index contributed by atoms with van der Waals surface area (Å²) in [5.41, 5.74) is 1.40. The maximum Gasteiger partial charge on any atom is 0.405 e. The molecule has 1 N–H and O–H groups in total. The highest BCUT2D eigenvalue weighted by atomic mass is 35.5. The molecule has 21 heavy (non-hydrogen) atoms. The second-order valence-electron chi connectivity index (χ2n) is 5.88. The molecule has 116 valence electrons. The third-order valence-electron chi connectivity index (χ3n) is 3.85. The van der Waals surface area contributed by atoms with Crippen molar-refractivity contribution < 1.29 is 13.2 Å². The van der Waals surface area contributed by atoms with Gasteiger partial charge in [0.1, 0.15) is 6.54 Å². The van der Waals surface area contributed by atoms with Gasteiger partial charge in [-0.05, 0) is 37.3 Å². The van der Waals surface area contributed by atoms with Crippen molar-refractivity contribution in [2.75, 3.05) is 11.4 Å². The van der Waals surface area contributed by atoms with Gasteiger partial charge in [0.15, 0.2) is 0 Å². The summed E-state index contributed by atoms with van der Waals surface area (Å²) in [4.78, 5) is 1.44. The van der Waals surface area contributed by atoms with Crippen LogP contribution in [0.15, 0.2) is 18.2 Å². The summed E-state index contributed by atoms with van der Waals surface area (Å²) in [6.45, 7) is -0.362. The minimum atomic E-state index is -4.22. The van der Waals surface area contributed by atoms with Crippen molar-refractivity contribution in [1.29, 1.82) is 0 Å². The molecule has 0 atom stereocenters. The second kappa shape index (κ2) is 5.69. The van der Waals surface area contributed by atoms with Gasteiger partial charge in [-0.15, -0.1) is 0 Å². The van der Waals surface area contributed by atoms with Crippen LogP contribution in [0.25, 0.3) is 0 Å². The summed E-state index contributed by atoms with van der Waals surface area (Å²) in [5.74, 6) is 0. The lowest BCUT2D eigenvalue weighted by Crippen LogP contribution is -2.37. The van der Waals surface area contributed by atoms with Crippen molar-refractivity contribution in [3.8, 4) is 0 Å². The lowest BCUT2D eigenvalue weighted by atomic mass is 10.1. The average Bonchev–Trinajstić information content (AvgIpc) is 3.26. The topological polar surface area (TPSA) is 15.3 Å². The Morgan fingerprint density at radius 3 is 2.48 bits per heavy atom. The molecule has 3 rings (SSSR count). The van der Waals surface area contributed by atoms with E-state index in [2.05, 4.69) is 5.32 Å². The third-order valence-corrected chi connectivity index (χ3v) is 4.16. The molecule has 0 aliphatic heterocycles. The van der Waals surface area contributed by atoms with Crippen molar-refractivity contribution in [3.63, 3.8) is 0 Å². The largest absolute Gasteiger partial charge is 0.405 e. The number of para-hydroxylation sites is 1. The Hall–Kier alpha value is -0.940. The first-order chi connectivity index (χ1) is 9.94. The van der Waals surface area contributed by atoms with E-state index in [1.165, 1.54) is 4.90 Å². The van der Waals surface area contributed by atoms with Crippen molar-refractivity contribution in [3.05, 3.63) is 28.8 Å². The summed E-state index contributed by atoms with van der Waals surface area (Å²) < 4.78 is 38.6. The molecule has 0 bridgehead atoms. The van der Waals surface area contributed by atoms with Gasteiger partial charge in [-0.1, -0.05) is 23.7 Å². The number of nitrogens with zero attached hydrogens (tertiary/aromatic N) is 1. The number of anilines is 1. The standard InChI is InChI=1S/C15H18ClF3N2/c16-13-3-1-2-10(8-20-11-4-5-11)14(13)21(12-6-7-12)9-15(17,18)19/h1-3,11-12,20H,4-9H2. The van der Waals surface area contributed by atoms with E-state index in [0.29, 0.717) is 23.3 Å². The molecule has 0 amide bonds. The number of halogens is 4. The molecule has 0 aromatic heterocycles. The molecule has 1 aromatic rings. The molecule has 2 fully saturated rings. The Labute approximate surface area is 127 Å². The molecular formula is C15H18ClF3N2. The molecule has 6 heteroatoms. The Morgan fingerprint density at radius 2 is 1.90 bits per heavy atom. The zero-order valence-electron chi connectivity index (χ0n) is 11.6. The Morgan fingerprint density at radius 1 is 1.19 bits per heavy atom. The molecule has 0 radical (unpaired) electrons. The highest BCUT2D eigenvalue weighted by Crippen LogP contribution is 2.40. The van der Waals surface area contributed by atoms with Crippen LogP contribution in [-0.4, -0.2) is 24.8 Å². The van der Waals surface area contributed by atoms with E-state index in [-0.39, 0.29) is 6.04 Å². The third kappa shape index (κ3) is 4.04. The first-order valence-corrected chi connectivity index (χ1v) is 7.66. The van der Waals surface area contributed by atoms with E-state index in [4.69, 9.17) is 11.6 Å². The van der Waals surface area contributed by atoms with E-state index in [9.17, 15) is 13.2 Å². The lowest BCUT2D eigenvalue weighted by Gasteiger charge is -2.29. The molecule has 0 spiro atoms. The van der Waals surface area contributed by atoms with Crippen LogP contribution in [0.1, 0.15) is 31.2 Å². The van der Waals surface area contributed by atoms with Crippen LogP contribution < -0.4 is 10.2 Å². The quantitative estimate of drug-likeness (QED) is 0.848. The fourth-order valence-corrected chi connectivity index (χ4v) is 2.84. The maximum atomic E-state index is 12.9. The summed E-state index contributed by atoms with van der Waals surface area (Å²) in [6.07, 6.45) is -0.327. The Bertz CT molecular complexity index is 510. The van der Waals surface area contributed by atoms with Crippen LogP contribution in [0, 0.1) is 0 Å². The van der Waals surface area contributed by atoms with E-state index >= 15 is 0 Å².